The van der Waals surface area contributed by atoms with Crippen LogP contribution in [0.5, 0.6) is 0 Å². The first-order valence-electron chi connectivity index (χ1n) is 21.0. The first-order valence-corrected chi connectivity index (χ1v) is 21.0. The molecule has 0 aliphatic heterocycles. The number of nitrogens with one attached hydrogen (secondary N) is 4. The molecule has 0 saturated heterocycles. The minimum absolute atomic E-state index is 0.00916. The molecule has 8 rings (SSSR count). The zero-order chi connectivity index (χ0) is 55.3. The van der Waals surface area contributed by atoms with Crippen LogP contribution in [0, 0.1) is 41.7 Å². The van der Waals surface area contributed by atoms with Gasteiger partial charge in [0.05, 0.1) is 28.4 Å². The van der Waals surface area contributed by atoms with Crippen molar-refractivity contribution in [2.75, 3.05) is 28.4 Å². The van der Waals surface area contributed by atoms with Crippen LogP contribution in [0.25, 0.3) is 44.1 Å². The van der Waals surface area contributed by atoms with Gasteiger partial charge >= 0.3 is 47.1 Å². The molecule has 0 saturated carbocycles. The van der Waals surface area contributed by atoms with E-state index in [1.807, 2.05) is 21.7 Å². The minimum atomic E-state index is -0.774. The number of hydrazone groups is 4. The second kappa shape index (κ2) is 26.6. The van der Waals surface area contributed by atoms with Crippen LogP contribution >= 0.6 is 0 Å². The molecule has 32 nitrogen and oxygen atoms in total. The molecule has 4 aromatic heterocycles. The maximum atomic E-state index is 12.0. The molecule has 0 unspecified atom stereocenters. The molecule has 0 radical (unpaired) electrons. The summed E-state index contributed by atoms with van der Waals surface area (Å²) >= 11 is 0. The second-order valence-electron chi connectivity index (χ2n) is 14.1. The summed E-state index contributed by atoms with van der Waals surface area (Å²) in [4.78, 5) is 43.1. The zero-order valence-corrected chi connectivity index (χ0v) is 39.8. The SMILES string of the molecule is COC(=O)N/N=C/c1c[n+]([O-])c2ccccc2[n+]1[O-].COC(=O)N/N=C/c1c[n+]([O-])c2ccccc2[n+]1[O-].COC(=O)N/N=C/c1c[n+]([O-])c2ccccc2[n+]1[O-].COC(=O)N/N=C/c1c[n+]([O-])c2ccccc2[n+]1[O-]. The van der Waals surface area contributed by atoms with Gasteiger partial charge in [-0.25, -0.2) is 40.9 Å². The van der Waals surface area contributed by atoms with E-state index in [-0.39, 0.29) is 66.9 Å². The van der Waals surface area contributed by atoms with Crippen molar-refractivity contribution in [1.82, 2.24) is 21.7 Å². The number of fused-ring (bicyclic) bond motifs is 4. The molecular formula is C44H40N16O16. The fraction of sp³-hybridized carbons (Fsp3) is 0.0909. The highest BCUT2D eigenvalue weighted by molar-refractivity contribution is 5.81. The number of benzene rings is 4. The van der Waals surface area contributed by atoms with Crippen LogP contribution in [0.2, 0.25) is 0 Å². The van der Waals surface area contributed by atoms with E-state index in [1.165, 1.54) is 77.0 Å². The molecule has 32 heteroatoms. The Labute approximate surface area is 425 Å². The van der Waals surface area contributed by atoms with E-state index in [9.17, 15) is 60.8 Å². The average Bonchev–Trinajstić information content (AvgIpc) is 3.44. The Hall–Kier alpha value is -11.6. The summed E-state index contributed by atoms with van der Waals surface area (Å²) in [5, 5.41) is 109. The van der Waals surface area contributed by atoms with E-state index < -0.39 is 24.4 Å². The van der Waals surface area contributed by atoms with Crippen LogP contribution in [0.3, 0.4) is 0 Å². The Morgan fingerprint density at radius 1 is 0.342 bits per heavy atom. The predicted molar refractivity (Wildman–Crippen MR) is 260 cm³/mol. The van der Waals surface area contributed by atoms with Crippen molar-refractivity contribution in [2.24, 2.45) is 20.4 Å². The maximum Gasteiger partial charge on any atom is 0.427 e. The summed E-state index contributed by atoms with van der Waals surface area (Å²) in [6.07, 6.45) is 5.42. The van der Waals surface area contributed by atoms with Crippen molar-refractivity contribution in [2.45, 2.75) is 0 Å². The molecule has 0 spiro atoms. The van der Waals surface area contributed by atoms with Gasteiger partial charge in [-0.05, 0) is 0 Å². The molecule has 0 fully saturated rings. The molecule has 0 atom stereocenters. The van der Waals surface area contributed by atoms with Crippen molar-refractivity contribution in [3.05, 3.63) is 186 Å². The van der Waals surface area contributed by atoms with E-state index in [0.717, 1.165) is 49.6 Å². The summed E-state index contributed by atoms with van der Waals surface area (Å²) in [6.45, 7) is 0. The van der Waals surface area contributed by atoms with Gasteiger partial charge in [0, 0.05) is 48.5 Å². The lowest BCUT2D eigenvalue weighted by molar-refractivity contribution is -0.629. The lowest BCUT2D eigenvalue weighted by atomic mass is 10.3. The third kappa shape index (κ3) is 14.3. The summed E-state index contributed by atoms with van der Waals surface area (Å²) in [5.41, 5.74) is 9.86. The largest absolute Gasteiger partial charge is 0.618 e. The average molecular weight is 1050 g/mol. The molecular weight excluding hydrogens is 1010 g/mol. The molecule has 8 aromatic rings. The van der Waals surface area contributed by atoms with Crippen molar-refractivity contribution < 1.29 is 76.0 Å². The van der Waals surface area contributed by atoms with E-state index in [4.69, 9.17) is 0 Å². The van der Waals surface area contributed by atoms with Crippen LogP contribution in [0.1, 0.15) is 22.8 Å². The van der Waals surface area contributed by atoms with Gasteiger partial charge in [0.25, 0.3) is 68.9 Å². The summed E-state index contributed by atoms with van der Waals surface area (Å²) in [5.74, 6) is 0. The number of rotatable bonds is 8. The number of carbonyl (C=O) groups excluding carboxylic acids is 4. The highest BCUT2D eigenvalue weighted by Gasteiger charge is 2.21. The number of methoxy groups -OCH3 is 4. The van der Waals surface area contributed by atoms with Crippen molar-refractivity contribution in [3.8, 4) is 0 Å². The van der Waals surface area contributed by atoms with Gasteiger partial charge in [-0.15, -0.1) is 0 Å². The van der Waals surface area contributed by atoms with Gasteiger partial charge < -0.3 is 60.6 Å². The lowest BCUT2D eigenvalue weighted by Gasteiger charge is -2.05. The first kappa shape index (κ1) is 55.3. The fourth-order valence-corrected chi connectivity index (χ4v) is 5.94. The number of carbonyl (C=O) groups is 4. The molecule has 4 heterocycles. The number of amides is 4. The van der Waals surface area contributed by atoms with Crippen LogP contribution < -0.4 is 59.5 Å². The molecule has 4 amide bonds. The van der Waals surface area contributed by atoms with Crippen molar-refractivity contribution >= 4 is 93.4 Å². The number of hydrogen-bond donors (Lipinski definition) is 4. The van der Waals surface area contributed by atoms with Gasteiger partial charge in [0.2, 0.25) is 0 Å². The number of nitrogens with zero attached hydrogens (tertiary/aromatic N) is 12. The number of hydrogen-bond acceptors (Lipinski definition) is 20. The molecule has 76 heavy (non-hydrogen) atoms. The Balaban J connectivity index is 0.000000187. The minimum Gasteiger partial charge on any atom is -0.618 e. The Kier molecular flexibility index (Phi) is 19.3. The summed E-state index contributed by atoms with van der Waals surface area (Å²) in [7, 11) is 4.72. The number of aromatic nitrogens is 8. The van der Waals surface area contributed by atoms with Gasteiger partial charge in [-0.1, -0.05) is 48.5 Å². The van der Waals surface area contributed by atoms with Crippen LogP contribution in [0.15, 0.2) is 142 Å². The predicted octanol–water partition coefficient (Wildman–Crippen LogP) is -0.814. The molecule has 0 aliphatic carbocycles. The third-order valence-corrected chi connectivity index (χ3v) is 9.44. The fourth-order valence-electron chi connectivity index (χ4n) is 5.94. The molecule has 0 bridgehead atoms. The highest BCUT2D eigenvalue weighted by Crippen LogP contribution is 2.07. The smallest absolute Gasteiger partial charge is 0.427 e. The first-order chi connectivity index (χ1) is 36.5. The van der Waals surface area contributed by atoms with Crippen molar-refractivity contribution in [1.29, 1.82) is 0 Å². The third-order valence-electron chi connectivity index (χ3n) is 9.44. The summed E-state index contributed by atoms with van der Waals surface area (Å²) < 4.78 is 21.6. The number of ether oxygens (including phenoxy) is 4. The molecule has 0 aliphatic rings. The van der Waals surface area contributed by atoms with Crippen LogP contribution in [0.4, 0.5) is 19.2 Å². The topological polar surface area (TPSA) is 418 Å². The van der Waals surface area contributed by atoms with Crippen molar-refractivity contribution in [3.63, 3.8) is 0 Å². The normalized spacial score (nSPS) is 10.8. The molecule has 4 aromatic carbocycles. The Morgan fingerprint density at radius 2 is 0.513 bits per heavy atom. The highest BCUT2D eigenvalue weighted by atomic mass is 16.6. The maximum absolute atomic E-state index is 12.0. The van der Waals surface area contributed by atoms with Gasteiger partial charge in [0.15, 0.2) is 0 Å². The van der Waals surface area contributed by atoms with Crippen LogP contribution in [-0.2, 0) is 18.9 Å². The van der Waals surface area contributed by atoms with Gasteiger partial charge in [-0.2, -0.15) is 58.2 Å². The van der Waals surface area contributed by atoms with E-state index in [0.29, 0.717) is 37.8 Å². The monoisotopic (exact) mass is 1050 g/mol. The Bertz CT molecular complexity index is 3090. The van der Waals surface area contributed by atoms with Crippen LogP contribution in [-0.4, -0.2) is 77.7 Å². The van der Waals surface area contributed by atoms with Gasteiger partial charge in [0.1, 0.15) is 24.9 Å². The number of para-hydroxylation sites is 8. The molecule has 392 valence electrons. The standard InChI is InChI=1S/4C11H10N4O4/c4*1-19-11(16)13-12-6-8-7-14(17)9-4-2-3-5-10(9)15(8)18/h4*2-7H,1H3,(H,13,16)/b4*12-6+. The van der Waals surface area contributed by atoms with Gasteiger partial charge in [-0.3, -0.25) is 0 Å². The lowest BCUT2D eigenvalue weighted by Crippen LogP contribution is -2.41. The van der Waals surface area contributed by atoms with E-state index in [2.05, 4.69) is 39.4 Å². The van der Waals surface area contributed by atoms with E-state index >= 15 is 0 Å². The quantitative estimate of drug-likeness (QED) is 0.0475. The van der Waals surface area contributed by atoms with E-state index in [1.54, 1.807) is 48.5 Å². The molecule has 4 N–H and O–H groups in total. The Morgan fingerprint density at radius 3 is 0.684 bits per heavy atom. The second-order valence-corrected chi connectivity index (χ2v) is 14.1. The summed E-state index contributed by atoms with van der Waals surface area (Å²) in [6, 6.07) is 25.4. The zero-order valence-electron chi connectivity index (χ0n) is 39.8.